The fraction of sp³-hybridized carbons (Fsp3) is 0.600. The average molecular weight is 303 g/mol. The van der Waals surface area contributed by atoms with Crippen LogP contribution in [0.25, 0.3) is 11.2 Å². The third kappa shape index (κ3) is 2.25. The normalized spacial score (nSPS) is 23.8. The van der Waals surface area contributed by atoms with Gasteiger partial charge in [-0.05, 0) is 30.7 Å². The summed E-state index contributed by atoms with van der Waals surface area (Å²) in [6.45, 7) is 4.32. The minimum atomic E-state index is -0.864. The molecule has 1 amide bonds. The molecule has 2 N–H and O–H groups in total. The Morgan fingerprint density at radius 1 is 1.45 bits per heavy atom. The predicted molar refractivity (Wildman–Crippen MR) is 81.2 cm³/mol. The van der Waals surface area contributed by atoms with Crippen LogP contribution in [0.5, 0.6) is 0 Å². The third-order valence-corrected chi connectivity index (χ3v) is 4.93. The van der Waals surface area contributed by atoms with Gasteiger partial charge in [0, 0.05) is 19.8 Å². The Morgan fingerprint density at radius 3 is 2.91 bits per heavy atom. The Bertz CT molecular complexity index is 724. The van der Waals surface area contributed by atoms with E-state index in [1.165, 1.54) is 4.68 Å². The molecule has 2 aromatic heterocycles. The molecule has 7 nitrogen and oxygen atoms in total. The van der Waals surface area contributed by atoms with Crippen LogP contribution in [0.3, 0.4) is 0 Å². The standard InChI is InChI=1S/C15H21N5O2/c1-14(2)6-4-7-15(14,22)9-17-13(21)10-5-8-16-12-11(10)18-19-20(12)3/h5,8,22H,4,6-7,9H2,1-3H3,(H,17,21). The van der Waals surface area contributed by atoms with E-state index in [9.17, 15) is 9.90 Å². The van der Waals surface area contributed by atoms with Gasteiger partial charge in [0.15, 0.2) is 5.65 Å². The quantitative estimate of drug-likeness (QED) is 0.883. The van der Waals surface area contributed by atoms with Crippen molar-refractivity contribution >= 4 is 17.1 Å². The monoisotopic (exact) mass is 303 g/mol. The summed E-state index contributed by atoms with van der Waals surface area (Å²) in [4.78, 5) is 16.6. The zero-order valence-corrected chi connectivity index (χ0v) is 13.1. The maximum Gasteiger partial charge on any atom is 0.253 e. The molecule has 1 aliphatic rings. The van der Waals surface area contributed by atoms with Crippen molar-refractivity contribution < 1.29 is 9.90 Å². The van der Waals surface area contributed by atoms with Crippen LogP contribution in [0, 0.1) is 5.41 Å². The number of aliphatic hydroxyl groups is 1. The number of aryl methyl sites for hydroxylation is 1. The van der Waals surface area contributed by atoms with Gasteiger partial charge in [-0.25, -0.2) is 9.67 Å². The van der Waals surface area contributed by atoms with Crippen LogP contribution in [-0.2, 0) is 7.05 Å². The van der Waals surface area contributed by atoms with E-state index in [2.05, 4.69) is 20.6 Å². The lowest BCUT2D eigenvalue weighted by Crippen LogP contribution is -2.49. The van der Waals surface area contributed by atoms with Crippen LogP contribution in [0.15, 0.2) is 12.3 Å². The van der Waals surface area contributed by atoms with Gasteiger partial charge < -0.3 is 10.4 Å². The van der Waals surface area contributed by atoms with E-state index < -0.39 is 5.60 Å². The van der Waals surface area contributed by atoms with Crippen LogP contribution in [0.1, 0.15) is 43.5 Å². The lowest BCUT2D eigenvalue weighted by molar-refractivity contribution is -0.0394. The number of nitrogens with one attached hydrogen (secondary N) is 1. The van der Waals surface area contributed by atoms with Gasteiger partial charge in [0.2, 0.25) is 0 Å². The third-order valence-electron chi connectivity index (χ3n) is 4.93. The van der Waals surface area contributed by atoms with Crippen molar-refractivity contribution in [2.45, 2.75) is 38.7 Å². The van der Waals surface area contributed by atoms with Crippen molar-refractivity contribution in [2.75, 3.05) is 6.54 Å². The van der Waals surface area contributed by atoms with Gasteiger partial charge in [0.05, 0.1) is 11.2 Å². The Balaban J connectivity index is 1.80. The summed E-state index contributed by atoms with van der Waals surface area (Å²) in [6, 6.07) is 1.62. The van der Waals surface area contributed by atoms with Crippen molar-refractivity contribution in [1.29, 1.82) is 0 Å². The van der Waals surface area contributed by atoms with E-state index >= 15 is 0 Å². The summed E-state index contributed by atoms with van der Waals surface area (Å²) in [5.41, 5.74) is 0.405. The van der Waals surface area contributed by atoms with Crippen LogP contribution < -0.4 is 5.32 Å². The van der Waals surface area contributed by atoms with Gasteiger partial charge >= 0.3 is 0 Å². The average Bonchev–Trinajstić information content (AvgIpc) is 2.98. The number of rotatable bonds is 3. The Morgan fingerprint density at radius 2 is 2.23 bits per heavy atom. The fourth-order valence-electron chi connectivity index (χ4n) is 3.16. The van der Waals surface area contributed by atoms with Crippen molar-refractivity contribution in [2.24, 2.45) is 12.5 Å². The van der Waals surface area contributed by atoms with Gasteiger partial charge in [-0.2, -0.15) is 0 Å². The first-order valence-corrected chi connectivity index (χ1v) is 7.49. The molecule has 0 saturated heterocycles. The summed E-state index contributed by atoms with van der Waals surface area (Å²) in [6.07, 6.45) is 4.21. The molecular weight excluding hydrogens is 282 g/mol. The zero-order valence-electron chi connectivity index (χ0n) is 13.1. The van der Waals surface area contributed by atoms with E-state index in [-0.39, 0.29) is 17.9 Å². The number of hydrogen-bond acceptors (Lipinski definition) is 5. The number of aromatic nitrogens is 4. The molecule has 1 unspecified atom stereocenters. The molecule has 0 radical (unpaired) electrons. The number of carbonyl (C=O) groups excluding carboxylic acids is 1. The Labute approximate surface area is 128 Å². The van der Waals surface area contributed by atoms with Crippen molar-refractivity contribution in [3.63, 3.8) is 0 Å². The summed E-state index contributed by atoms with van der Waals surface area (Å²) >= 11 is 0. The molecule has 1 aliphatic carbocycles. The molecule has 0 bridgehead atoms. The molecule has 0 aliphatic heterocycles. The number of nitrogens with zero attached hydrogens (tertiary/aromatic N) is 4. The molecule has 22 heavy (non-hydrogen) atoms. The van der Waals surface area contributed by atoms with Crippen molar-refractivity contribution in [1.82, 2.24) is 25.3 Å². The second kappa shape index (κ2) is 5.01. The molecular formula is C15H21N5O2. The first-order valence-electron chi connectivity index (χ1n) is 7.49. The summed E-state index contributed by atoms with van der Waals surface area (Å²) in [5, 5.41) is 21.5. The fourth-order valence-corrected chi connectivity index (χ4v) is 3.16. The van der Waals surface area contributed by atoms with Gasteiger partial charge in [-0.15, -0.1) is 5.10 Å². The largest absolute Gasteiger partial charge is 0.387 e. The highest BCUT2D eigenvalue weighted by atomic mass is 16.3. The highest BCUT2D eigenvalue weighted by Crippen LogP contribution is 2.45. The lowest BCUT2D eigenvalue weighted by Gasteiger charge is -2.36. The number of amides is 1. The minimum Gasteiger partial charge on any atom is -0.387 e. The number of fused-ring (bicyclic) bond motifs is 1. The number of pyridine rings is 1. The van der Waals surface area contributed by atoms with Gasteiger partial charge in [-0.3, -0.25) is 4.79 Å². The summed E-state index contributed by atoms with van der Waals surface area (Å²) in [5.74, 6) is -0.260. The minimum absolute atomic E-state index is 0.194. The van der Waals surface area contributed by atoms with Crippen molar-refractivity contribution in [3.8, 4) is 0 Å². The number of carbonyl (C=O) groups is 1. The molecule has 7 heteroatoms. The molecule has 1 atom stereocenters. The van der Waals surface area contributed by atoms with Gasteiger partial charge in [0.25, 0.3) is 5.91 Å². The molecule has 118 valence electrons. The molecule has 0 spiro atoms. The Hall–Kier alpha value is -2.02. The molecule has 2 aromatic rings. The lowest BCUT2D eigenvalue weighted by atomic mass is 9.78. The number of hydrogen-bond donors (Lipinski definition) is 2. The predicted octanol–water partition coefficient (Wildman–Crippen LogP) is 1.03. The molecule has 1 saturated carbocycles. The smallest absolute Gasteiger partial charge is 0.253 e. The van der Waals surface area contributed by atoms with Crippen LogP contribution in [0.4, 0.5) is 0 Å². The molecule has 3 rings (SSSR count). The molecule has 2 heterocycles. The maximum absolute atomic E-state index is 12.5. The summed E-state index contributed by atoms with van der Waals surface area (Å²) < 4.78 is 1.53. The summed E-state index contributed by atoms with van der Waals surface area (Å²) in [7, 11) is 1.73. The molecule has 0 aromatic carbocycles. The second-order valence-corrected chi connectivity index (χ2v) is 6.70. The van der Waals surface area contributed by atoms with E-state index in [4.69, 9.17) is 0 Å². The molecule has 1 fully saturated rings. The maximum atomic E-state index is 12.5. The first-order chi connectivity index (χ1) is 10.3. The topological polar surface area (TPSA) is 92.9 Å². The second-order valence-electron chi connectivity index (χ2n) is 6.70. The Kier molecular flexibility index (Phi) is 3.40. The van der Waals surface area contributed by atoms with Crippen molar-refractivity contribution in [3.05, 3.63) is 17.8 Å². The first kappa shape index (κ1) is 14.9. The zero-order chi connectivity index (χ0) is 16.0. The van der Waals surface area contributed by atoms with Gasteiger partial charge in [0.1, 0.15) is 5.52 Å². The SMILES string of the molecule is Cn1nnc2c(C(=O)NCC3(O)CCCC3(C)C)ccnc21. The van der Waals surface area contributed by atoms with Crippen LogP contribution in [0.2, 0.25) is 0 Å². The van der Waals surface area contributed by atoms with E-state index in [0.717, 1.165) is 12.8 Å². The van der Waals surface area contributed by atoms with E-state index in [0.29, 0.717) is 23.1 Å². The highest BCUT2D eigenvalue weighted by molar-refractivity contribution is 6.03. The highest BCUT2D eigenvalue weighted by Gasteiger charge is 2.47. The van der Waals surface area contributed by atoms with E-state index in [1.54, 1.807) is 19.3 Å². The van der Waals surface area contributed by atoms with Crippen LogP contribution >= 0.6 is 0 Å². The van der Waals surface area contributed by atoms with Gasteiger partial charge in [-0.1, -0.05) is 19.1 Å². The van der Waals surface area contributed by atoms with Crippen LogP contribution in [-0.4, -0.2) is 43.1 Å². The van der Waals surface area contributed by atoms with E-state index in [1.807, 2.05) is 13.8 Å².